The van der Waals surface area contributed by atoms with Crippen molar-refractivity contribution in [2.45, 2.75) is 31.2 Å². The number of hydrogen-bond acceptors (Lipinski definition) is 4. The van der Waals surface area contributed by atoms with Gasteiger partial charge in [0.1, 0.15) is 11.8 Å². The second-order valence-corrected chi connectivity index (χ2v) is 9.52. The first-order valence-electron chi connectivity index (χ1n) is 9.98. The monoisotopic (exact) mass is 472 g/mol. The highest BCUT2D eigenvalue weighted by Crippen LogP contribution is 2.27. The molecule has 0 spiro atoms. The van der Waals surface area contributed by atoms with Gasteiger partial charge in [-0.25, -0.2) is 8.42 Å². The van der Waals surface area contributed by atoms with Crippen molar-refractivity contribution in [2.75, 3.05) is 12.4 Å². The Balaban J connectivity index is 1.90. The number of ether oxygens (including phenoxy) is 1. The Hall–Kier alpha value is -2.87. The molecule has 0 aliphatic heterocycles. The number of halogens is 1. The van der Waals surface area contributed by atoms with Crippen LogP contribution < -0.4 is 14.8 Å². The summed E-state index contributed by atoms with van der Waals surface area (Å²) in [5.41, 5.74) is 3.41. The summed E-state index contributed by atoms with van der Waals surface area (Å²) in [7, 11) is -2.59. The van der Waals surface area contributed by atoms with Crippen LogP contribution in [0.5, 0.6) is 5.75 Å². The summed E-state index contributed by atoms with van der Waals surface area (Å²) < 4.78 is 33.8. The molecule has 0 radical (unpaired) electrons. The summed E-state index contributed by atoms with van der Waals surface area (Å²) in [5.74, 6) is -0.0927. The van der Waals surface area contributed by atoms with Gasteiger partial charge in [-0.15, -0.1) is 0 Å². The van der Waals surface area contributed by atoms with E-state index in [-0.39, 0.29) is 16.3 Å². The highest BCUT2D eigenvalue weighted by Gasteiger charge is 2.27. The molecule has 0 saturated carbocycles. The van der Waals surface area contributed by atoms with Gasteiger partial charge < -0.3 is 10.1 Å². The molecule has 0 aromatic heterocycles. The van der Waals surface area contributed by atoms with Gasteiger partial charge in [0, 0.05) is 5.69 Å². The maximum Gasteiger partial charge on any atom is 0.242 e. The molecule has 3 rings (SSSR count). The van der Waals surface area contributed by atoms with Crippen molar-refractivity contribution < 1.29 is 17.9 Å². The fourth-order valence-electron chi connectivity index (χ4n) is 3.21. The van der Waals surface area contributed by atoms with E-state index in [9.17, 15) is 13.2 Å². The van der Waals surface area contributed by atoms with Crippen LogP contribution in [0.2, 0.25) is 5.02 Å². The molecule has 2 N–H and O–H groups in total. The maximum atomic E-state index is 13.2. The number of nitrogens with one attached hydrogen (secondary N) is 2. The average Bonchev–Trinajstić information content (AvgIpc) is 2.77. The van der Waals surface area contributed by atoms with Gasteiger partial charge in [-0.05, 0) is 61.2 Å². The molecule has 8 heteroatoms. The van der Waals surface area contributed by atoms with E-state index < -0.39 is 22.0 Å². The Bertz CT molecular complexity index is 1210. The molecule has 168 valence electrons. The first-order valence-corrected chi connectivity index (χ1v) is 11.8. The van der Waals surface area contributed by atoms with Crippen LogP contribution in [0.15, 0.2) is 71.6 Å². The van der Waals surface area contributed by atoms with E-state index >= 15 is 0 Å². The van der Waals surface area contributed by atoms with E-state index in [1.807, 2.05) is 56.3 Å². The number of anilines is 1. The molecule has 0 saturated heterocycles. The summed E-state index contributed by atoms with van der Waals surface area (Å²) in [6, 6.07) is 17.9. The van der Waals surface area contributed by atoms with Crippen LogP contribution in [-0.2, 0) is 21.2 Å². The number of methoxy groups -OCH3 is 1. The minimum atomic E-state index is -4.03. The summed E-state index contributed by atoms with van der Waals surface area (Å²) >= 11 is 6.11. The molecule has 1 amide bonds. The molecule has 6 nitrogen and oxygen atoms in total. The third-order valence-electron chi connectivity index (χ3n) is 5.19. The predicted molar refractivity (Wildman–Crippen MR) is 127 cm³/mol. The molecule has 1 atom stereocenters. The number of amides is 1. The lowest BCUT2D eigenvalue weighted by molar-refractivity contribution is -0.117. The molecular formula is C24H25ClN2O4S. The Labute approximate surface area is 193 Å². The van der Waals surface area contributed by atoms with Crippen molar-refractivity contribution in [3.8, 4) is 5.75 Å². The lowest BCUT2D eigenvalue weighted by atomic mass is 10.0. The van der Waals surface area contributed by atoms with Gasteiger partial charge >= 0.3 is 0 Å². The summed E-state index contributed by atoms with van der Waals surface area (Å²) in [5, 5.41) is 3.02. The predicted octanol–water partition coefficient (Wildman–Crippen LogP) is 4.49. The van der Waals surface area contributed by atoms with Gasteiger partial charge in [-0.3, -0.25) is 4.79 Å². The zero-order chi connectivity index (χ0) is 23.3. The zero-order valence-corrected chi connectivity index (χ0v) is 19.6. The summed E-state index contributed by atoms with van der Waals surface area (Å²) in [4.78, 5) is 13.1. The van der Waals surface area contributed by atoms with Crippen LogP contribution in [0.3, 0.4) is 0 Å². The van der Waals surface area contributed by atoms with Crippen molar-refractivity contribution in [1.29, 1.82) is 0 Å². The van der Waals surface area contributed by atoms with Crippen LogP contribution in [0.25, 0.3) is 0 Å². The van der Waals surface area contributed by atoms with Gasteiger partial charge in [0.2, 0.25) is 15.9 Å². The van der Waals surface area contributed by atoms with E-state index in [0.717, 1.165) is 16.7 Å². The molecular weight excluding hydrogens is 448 g/mol. The zero-order valence-electron chi connectivity index (χ0n) is 18.1. The molecule has 32 heavy (non-hydrogen) atoms. The molecule has 3 aromatic carbocycles. The van der Waals surface area contributed by atoms with E-state index in [0.29, 0.717) is 11.4 Å². The maximum absolute atomic E-state index is 13.2. The number of carbonyl (C=O) groups excluding carboxylic acids is 1. The first kappa shape index (κ1) is 23.8. The Morgan fingerprint density at radius 3 is 2.41 bits per heavy atom. The third-order valence-corrected chi connectivity index (χ3v) is 6.96. The molecule has 0 heterocycles. The number of rotatable bonds is 8. The SMILES string of the molecule is COc1ccc(S(=O)(=O)NC(Cc2ccccc2)C(=O)Nc2cccc(C)c2C)cc1Cl. The van der Waals surface area contributed by atoms with Crippen LogP contribution in [0.1, 0.15) is 16.7 Å². The van der Waals surface area contributed by atoms with E-state index in [4.69, 9.17) is 16.3 Å². The standard InChI is InChI=1S/C24H25ClN2O4S/c1-16-8-7-11-21(17(16)2)26-24(28)22(14-18-9-5-4-6-10-18)27-32(29,30)19-12-13-23(31-3)20(25)15-19/h4-13,15,22,27H,14H2,1-3H3,(H,26,28). The Kier molecular flexibility index (Phi) is 7.56. The van der Waals surface area contributed by atoms with E-state index in [2.05, 4.69) is 10.0 Å². The normalized spacial score (nSPS) is 12.2. The van der Waals surface area contributed by atoms with Crippen LogP contribution >= 0.6 is 11.6 Å². The van der Waals surface area contributed by atoms with Crippen molar-refractivity contribution in [3.63, 3.8) is 0 Å². The molecule has 1 unspecified atom stereocenters. The topological polar surface area (TPSA) is 84.5 Å². The van der Waals surface area contributed by atoms with Gasteiger partial charge in [0.05, 0.1) is 17.0 Å². The van der Waals surface area contributed by atoms with Gasteiger partial charge in [0.15, 0.2) is 0 Å². The molecule has 0 fully saturated rings. The molecule has 0 aliphatic rings. The van der Waals surface area contributed by atoms with E-state index in [1.54, 1.807) is 6.07 Å². The lowest BCUT2D eigenvalue weighted by Gasteiger charge is -2.20. The summed E-state index contributed by atoms with van der Waals surface area (Å²) in [6.45, 7) is 3.85. The van der Waals surface area contributed by atoms with Crippen molar-refractivity contribution in [1.82, 2.24) is 4.72 Å². The Morgan fingerprint density at radius 2 is 1.75 bits per heavy atom. The largest absolute Gasteiger partial charge is 0.495 e. The van der Waals surface area contributed by atoms with Gasteiger partial charge in [0.25, 0.3) is 0 Å². The smallest absolute Gasteiger partial charge is 0.242 e. The van der Waals surface area contributed by atoms with Gasteiger partial charge in [-0.2, -0.15) is 4.72 Å². The second-order valence-electron chi connectivity index (χ2n) is 7.40. The average molecular weight is 473 g/mol. The lowest BCUT2D eigenvalue weighted by Crippen LogP contribution is -2.45. The molecule has 0 bridgehead atoms. The fraction of sp³-hybridized carbons (Fsp3) is 0.208. The van der Waals surface area contributed by atoms with Crippen molar-refractivity contribution in [3.05, 3.63) is 88.4 Å². The molecule has 3 aromatic rings. The van der Waals surface area contributed by atoms with Crippen molar-refractivity contribution >= 4 is 33.2 Å². The minimum absolute atomic E-state index is 0.0547. The van der Waals surface area contributed by atoms with Crippen LogP contribution in [-0.4, -0.2) is 27.5 Å². The van der Waals surface area contributed by atoms with Crippen LogP contribution in [0.4, 0.5) is 5.69 Å². The number of carbonyl (C=O) groups is 1. The highest BCUT2D eigenvalue weighted by atomic mass is 35.5. The second kappa shape index (κ2) is 10.2. The number of hydrogen-bond donors (Lipinski definition) is 2. The first-order chi connectivity index (χ1) is 15.2. The Morgan fingerprint density at radius 1 is 1.03 bits per heavy atom. The van der Waals surface area contributed by atoms with Crippen molar-refractivity contribution in [2.24, 2.45) is 0 Å². The quantitative estimate of drug-likeness (QED) is 0.505. The highest BCUT2D eigenvalue weighted by molar-refractivity contribution is 7.89. The number of benzene rings is 3. The van der Waals surface area contributed by atoms with Gasteiger partial charge in [-0.1, -0.05) is 54.1 Å². The summed E-state index contributed by atoms with van der Waals surface area (Å²) in [6.07, 6.45) is 0.181. The minimum Gasteiger partial charge on any atom is -0.495 e. The number of aryl methyl sites for hydroxylation is 1. The molecule has 0 aliphatic carbocycles. The number of sulfonamides is 1. The van der Waals surface area contributed by atoms with E-state index in [1.165, 1.54) is 25.3 Å². The third kappa shape index (κ3) is 5.68. The van der Waals surface area contributed by atoms with Crippen LogP contribution in [0, 0.1) is 13.8 Å². The fourth-order valence-corrected chi connectivity index (χ4v) is 4.76.